The average molecular weight is 246 g/mol. The largest absolute Gasteiger partial charge is 0.493 e. The SMILES string of the molecule is COc1cccnc1NC(=O)c1cccc(F)c1. The molecule has 1 amide bonds. The lowest BCUT2D eigenvalue weighted by Crippen LogP contribution is -2.13. The number of aromatic nitrogens is 1. The third-order valence-corrected chi connectivity index (χ3v) is 2.31. The minimum atomic E-state index is -0.462. The molecule has 1 N–H and O–H groups in total. The van der Waals surface area contributed by atoms with Crippen molar-refractivity contribution < 1.29 is 13.9 Å². The van der Waals surface area contributed by atoms with Gasteiger partial charge in [-0.15, -0.1) is 0 Å². The summed E-state index contributed by atoms with van der Waals surface area (Å²) in [5.74, 6) is -0.154. The second-order valence-electron chi connectivity index (χ2n) is 3.52. The van der Waals surface area contributed by atoms with E-state index in [2.05, 4.69) is 10.3 Å². The van der Waals surface area contributed by atoms with E-state index in [0.717, 1.165) is 6.07 Å². The molecule has 0 radical (unpaired) electrons. The molecule has 18 heavy (non-hydrogen) atoms. The number of halogens is 1. The first-order valence-corrected chi connectivity index (χ1v) is 5.26. The van der Waals surface area contributed by atoms with Crippen LogP contribution in [-0.4, -0.2) is 18.0 Å². The smallest absolute Gasteiger partial charge is 0.257 e. The zero-order valence-corrected chi connectivity index (χ0v) is 9.68. The Balaban J connectivity index is 2.21. The molecule has 0 aliphatic rings. The molecule has 0 bridgehead atoms. The summed E-state index contributed by atoms with van der Waals surface area (Å²) < 4.78 is 18.0. The molecule has 1 aromatic heterocycles. The van der Waals surface area contributed by atoms with Crippen LogP contribution in [0, 0.1) is 5.82 Å². The number of rotatable bonds is 3. The van der Waals surface area contributed by atoms with Crippen LogP contribution in [0.4, 0.5) is 10.2 Å². The van der Waals surface area contributed by atoms with Gasteiger partial charge in [-0.05, 0) is 30.3 Å². The topological polar surface area (TPSA) is 51.2 Å². The predicted octanol–water partition coefficient (Wildman–Crippen LogP) is 2.48. The lowest BCUT2D eigenvalue weighted by molar-refractivity contribution is 0.102. The highest BCUT2D eigenvalue weighted by Crippen LogP contribution is 2.20. The molecule has 0 spiro atoms. The third kappa shape index (κ3) is 2.63. The fourth-order valence-corrected chi connectivity index (χ4v) is 1.46. The van der Waals surface area contributed by atoms with Crippen LogP contribution in [-0.2, 0) is 0 Å². The van der Waals surface area contributed by atoms with E-state index in [-0.39, 0.29) is 5.56 Å². The Bertz CT molecular complexity index is 572. The van der Waals surface area contributed by atoms with Crippen molar-refractivity contribution in [3.8, 4) is 5.75 Å². The number of ether oxygens (including phenoxy) is 1. The quantitative estimate of drug-likeness (QED) is 0.905. The maximum absolute atomic E-state index is 13.0. The number of amides is 1. The molecule has 0 unspecified atom stereocenters. The van der Waals surface area contributed by atoms with E-state index >= 15 is 0 Å². The highest BCUT2D eigenvalue weighted by atomic mass is 19.1. The number of nitrogens with zero attached hydrogens (tertiary/aromatic N) is 1. The fraction of sp³-hybridized carbons (Fsp3) is 0.0769. The molecule has 92 valence electrons. The number of anilines is 1. The first-order chi connectivity index (χ1) is 8.70. The lowest BCUT2D eigenvalue weighted by atomic mass is 10.2. The summed E-state index contributed by atoms with van der Waals surface area (Å²) in [5, 5.41) is 2.56. The van der Waals surface area contributed by atoms with E-state index in [9.17, 15) is 9.18 Å². The van der Waals surface area contributed by atoms with E-state index in [1.54, 1.807) is 12.1 Å². The van der Waals surface area contributed by atoms with Crippen LogP contribution < -0.4 is 10.1 Å². The molecule has 1 heterocycles. The van der Waals surface area contributed by atoms with E-state index in [1.807, 2.05) is 0 Å². The van der Waals surface area contributed by atoms with Gasteiger partial charge >= 0.3 is 0 Å². The van der Waals surface area contributed by atoms with Crippen LogP contribution in [0.1, 0.15) is 10.4 Å². The fourth-order valence-electron chi connectivity index (χ4n) is 1.46. The maximum Gasteiger partial charge on any atom is 0.257 e. The van der Waals surface area contributed by atoms with E-state index in [0.29, 0.717) is 11.6 Å². The monoisotopic (exact) mass is 246 g/mol. The van der Waals surface area contributed by atoms with Gasteiger partial charge in [0, 0.05) is 11.8 Å². The van der Waals surface area contributed by atoms with Crippen molar-refractivity contribution in [3.05, 3.63) is 54.0 Å². The Kier molecular flexibility index (Phi) is 3.52. The van der Waals surface area contributed by atoms with Crippen LogP contribution in [0.3, 0.4) is 0 Å². The van der Waals surface area contributed by atoms with Crippen molar-refractivity contribution >= 4 is 11.7 Å². The Labute approximate surface area is 103 Å². The summed E-state index contributed by atoms with van der Waals surface area (Å²) in [5.41, 5.74) is 0.225. The van der Waals surface area contributed by atoms with Crippen LogP contribution in [0.2, 0.25) is 0 Å². The first-order valence-electron chi connectivity index (χ1n) is 5.26. The maximum atomic E-state index is 13.0. The molecule has 0 saturated heterocycles. The van der Waals surface area contributed by atoms with Gasteiger partial charge in [-0.1, -0.05) is 6.07 Å². The van der Waals surface area contributed by atoms with Gasteiger partial charge in [-0.25, -0.2) is 9.37 Å². The summed E-state index contributed by atoms with van der Waals surface area (Å²) >= 11 is 0. The summed E-state index contributed by atoms with van der Waals surface area (Å²) in [7, 11) is 1.48. The molecule has 0 saturated carbocycles. The molecule has 2 aromatic rings. The predicted molar refractivity (Wildman–Crippen MR) is 65.1 cm³/mol. The Hall–Kier alpha value is -2.43. The van der Waals surface area contributed by atoms with Gasteiger partial charge in [-0.2, -0.15) is 0 Å². The van der Waals surface area contributed by atoms with Gasteiger partial charge in [0.1, 0.15) is 5.82 Å². The molecular weight excluding hydrogens is 235 g/mol. The van der Waals surface area contributed by atoms with Gasteiger partial charge in [0.2, 0.25) is 0 Å². The number of hydrogen-bond donors (Lipinski definition) is 1. The van der Waals surface area contributed by atoms with Crippen LogP contribution in [0.25, 0.3) is 0 Å². The average Bonchev–Trinajstić information content (AvgIpc) is 2.39. The Morgan fingerprint density at radius 3 is 2.89 bits per heavy atom. The molecule has 1 aromatic carbocycles. The zero-order chi connectivity index (χ0) is 13.0. The highest BCUT2D eigenvalue weighted by molar-refractivity contribution is 6.04. The molecule has 0 aliphatic carbocycles. The summed E-state index contributed by atoms with van der Waals surface area (Å²) in [6.07, 6.45) is 1.53. The van der Waals surface area contributed by atoms with Crippen LogP contribution >= 0.6 is 0 Å². The van der Waals surface area contributed by atoms with E-state index in [4.69, 9.17) is 4.74 Å². The standard InChI is InChI=1S/C13H11FN2O2/c1-18-11-6-3-7-15-12(11)16-13(17)9-4-2-5-10(14)8-9/h2-8H,1H3,(H,15,16,17). The number of benzene rings is 1. The minimum Gasteiger partial charge on any atom is -0.493 e. The van der Waals surface area contributed by atoms with Gasteiger partial charge in [0.15, 0.2) is 11.6 Å². The second kappa shape index (κ2) is 5.27. The lowest BCUT2D eigenvalue weighted by Gasteiger charge is -2.08. The third-order valence-electron chi connectivity index (χ3n) is 2.31. The van der Waals surface area contributed by atoms with Gasteiger partial charge in [-0.3, -0.25) is 4.79 Å². The van der Waals surface area contributed by atoms with Gasteiger partial charge in [0.25, 0.3) is 5.91 Å². The number of pyridine rings is 1. The molecule has 0 aliphatic heterocycles. The molecular formula is C13H11FN2O2. The molecule has 0 atom stereocenters. The van der Waals surface area contributed by atoms with Crippen molar-refractivity contribution in [2.24, 2.45) is 0 Å². The highest BCUT2D eigenvalue weighted by Gasteiger charge is 2.10. The van der Waals surface area contributed by atoms with Crippen molar-refractivity contribution in [3.63, 3.8) is 0 Å². The first kappa shape index (κ1) is 12.0. The van der Waals surface area contributed by atoms with Gasteiger partial charge in [0.05, 0.1) is 7.11 Å². The Morgan fingerprint density at radius 2 is 2.17 bits per heavy atom. The molecule has 4 nitrogen and oxygen atoms in total. The molecule has 2 rings (SSSR count). The molecule has 0 fully saturated rings. The van der Waals surface area contributed by atoms with Crippen molar-refractivity contribution in [2.75, 3.05) is 12.4 Å². The summed E-state index contributed by atoms with van der Waals surface area (Å²) in [6.45, 7) is 0. The van der Waals surface area contributed by atoms with Gasteiger partial charge < -0.3 is 10.1 Å². The Morgan fingerprint density at radius 1 is 1.33 bits per heavy atom. The number of carbonyl (C=O) groups is 1. The van der Waals surface area contributed by atoms with E-state index in [1.165, 1.54) is 31.5 Å². The number of nitrogens with one attached hydrogen (secondary N) is 1. The summed E-state index contributed by atoms with van der Waals surface area (Å²) in [6, 6.07) is 8.79. The minimum absolute atomic E-state index is 0.225. The molecule has 5 heteroatoms. The normalized spacial score (nSPS) is 9.89. The second-order valence-corrected chi connectivity index (χ2v) is 3.52. The van der Waals surface area contributed by atoms with Crippen LogP contribution in [0.5, 0.6) is 5.75 Å². The summed E-state index contributed by atoms with van der Waals surface area (Å²) in [4.78, 5) is 15.8. The van der Waals surface area contributed by atoms with Crippen molar-refractivity contribution in [2.45, 2.75) is 0 Å². The number of methoxy groups -OCH3 is 1. The van der Waals surface area contributed by atoms with Crippen molar-refractivity contribution in [1.29, 1.82) is 0 Å². The number of hydrogen-bond acceptors (Lipinski definition) is 3. The number of carbonyl (C=O) groups excluding carboxylic acids is 1. The zero-order valence-electron chi connectivity index (χ0n) is 9.68. The van der Waals surface area contributed by atoms with E-state index < -0.39 is 11.7 Å². The van der Waals surface area contributed by atoms with Crippen molar-refractivity contribution in [1.82, 2.24) is 4.98 Å². The van der Waals surface area contributed by atoms with Crippen LogP contribution in [0.15, 0.2) is 42.6 Å².